The van der Waals surface area contributed by atoms with E-state index in [1.54, 1.807) is 0 Å². The monoisotopic (exact) mass is 218 g/mol. The topological polar surface area (TPSA) is 32.3 Å². The highest BCUT2D eigenvalue weighted by Crippen LogP contribution is 2.18. The minimum Gasteiger partial charge on any atom is -0.310 e. The maximum absolute atomic E-state index is 11.9. The molecule has 0 radical (unpaired) electrons. The van der Waals surface area contributed by atoms with Crippen molar-refractivity contribution in [1.82, 2.24) is 5.32 Å². The Balaban J connectivity index is 2.19. The lowest BCUT2D eigenvalue weighted by molar-refractivity contribution is -0.121. The molecule has 2 rings (SSSR count). The molecule has 0 aliphatic carbocycles. The Morgan fingerprint density at radius 1 is 1.38 bits per heavy atom. The van der Waals surface area contributed by atoms with E-state index in [1.165, 1.54) is 5.56 Å². The summed E-state index contributed by atoms with van der Waals surface area (Å²) in [4.78, 5) is 13.8. The van der Waals surface area contributed by atoms with Crippen LogP contribution in [0.25, 0.3) is 0 Å². The van der Waals surface area contributed by atoms with E-state index in [9.17, 15) is 4.79 Å². The standard InChI is InChI=1S/C13H18N2O/c1-3-11-4-6-12(7-5-11)15-9-8-14-10(2)13(15)16/h4-7,10,14H,3,8-9H2,1-2H3. The zero-order valence-corrected chi connectivity index (χ0v) is 9.86. The lowest BCUT2D eigenvalue weighted by atomic mass is 10.1. The van der Waals surface area contributed by atoms with Gasteiger partial charge in [-0.25, -0.2) is 0 Å². The Labute approximate surface area is 96.5 Å². The largest absolute Gasteiger partial charge is 0.310 e. The van der Waals surface area contributed by atoms with Crippen LogP contribution in [-0.4, -0.2) is 25.0 Å². The van der Waals surface area contributed by atoms with Crippen LogP contribution in [0.2, 0.25) is 0 Å². The number of nitrogens with one attached hydrogen (secondary N) is 1. The fraction of sp³-hybridized carbons (Fsp3) is 0.462. The number of anilines is 1. The van der Waals surface area contributed by atoms with Gasteiger partial charge in [-0.05, 0) is 31.0 Å². The molecule has 1 N–H and O–H groups in total. The maximum atomic E-state index is 11.9. The summed E-state index contributed by atoms with van der Waals surface area (Å²) in [7, 11) is 0. The Hall–Kier alpha value is -1.35. The Morgan fingerprint density at radius 2 is 2.06 bits per heavy atom. The molecular formula is C13H18N2O. The molecule has 0 aromatic heterocycles. The van der Waals surface area contributed by atoms with Crippen LogP contribution in [0, 0.1) is 0 Å². The third-order valence-electron chi connectivity index (χ3n) is 3.08. The lowest BCUT2D eigenvalue weighted by Gasteiger charge is -2.31. The molecule has 1 aromatic rings. The summed E-state index contributed by atoms with van der Waals surface area (Å²) in [6.45, 7) is 5.67. The molecule has 86 valence electrons. The van der Waals surface area contributed by atoms with Crippen LogP contribution in [0.5, 0.6) is 0 Å². The van der Waals surface area contributed by atoms with Gasteiger partial charge in [0.15, 0.2) is 0 Å². The molecule has 0 bridgehead atoms. The predicted molar refractivity (Wildman–Crippen MR) is 65.6 cm³/mol. The molecular weight excluding hydrogens is 200 g/mol. The lowest BCUT2D eigenvalue weighted by Crippen LogP contribution is -2.53. The van der Waals surface area contributed by atoms with Gasteiger partial charge in [0.1, 0.15) is 0 Å². The second-order valence-corrected chi connectivity index (χ2v) is 4.19. The Morgan fingerprint density at radius 3 is 2.69 bits per heavy atom. The van der Waals surface area contributed by atoms with Crippen LogP contribution in [0.1, 0.15) is 19.4 Å². The van der Waals surface area contributed by atoms with Crippen molar-refractivity contribution >= 4 is 11.6 Å². The summed E-state index contributed by atoms with van der Waals surface area (Å²) in [5.41, 5.74) is 2.31. The van der Waals surface area contributed by atoms with Crippen molar-refractivity contribution in [3.05, 3.63) is 29.8 Å². The first-order valence-corrected chi connectivity index (χ1v) is 5.86. The van der Waals surface area contributed by atoms with E-state index in [4.69, 9.17) is 0 Å². The second-order valence-electron chi connectivity index (χ2n) is 4.19. The number of piperazine rings is 1. The average molecular weight is 218 g/mol. The van der Waals surface area contributed by atoms with E-state index in [1.807, 2.05) is 24.0 Å². The van der Waals surface area contributed by atoms with Crippen LogP contribution < -0.4 is 10.2 Å². The minimum absolute atomic E-state index is 0.0698. The number of nitrogens with zero attached hydrogens (tertiary/aromatic N) is 1. The van der Waals surface area contributed by atoms with Gasteiger partial charge < -0.3 is 10.2 Å². The van der Waals surface area contributed by atoms with E-state index in [-0.39, 0.29) is 11.9 Å². The fourth-order valence-electron chi connectivity index (χ4n) is 1.99. The molecule has 1 aliphatic heterocycles. The zero-order valence-electron chi connectivity index (χ0n) is 9.86. The van der Waals surface area contributed by atoms with E-state index in [0.717, 1.165) is 25.2 Å². The number of hydrogen-bond acceptors (Lipinski definition) is 2. The van der Waals surface area contributed by atoms with Crippen molar-refractivity contribution in [3.63, 3.8) is 0 Å². The number of carbonyl (C=O) groups excluding carboxylic acids is 1. The van der Waals surface area contributed by atoms with Crippen molar-refractivity contribution in [1.29, 1.82) is 0 Å². The highest BCUT2D eigenvalue weighted by atomic mass is 16.2. The van der Waals surface area contributed by atoms with Crippen LogP contribution in [0.3, 0.4) is 0 Å². The van der Waals surface area contributed by atoms with E-state index in [0.29, 0.717) is 0 Å². The van der Waals surface area contributed by atoms with Gasteiger partial charge in [-0.1, -0.05) is 19.1 Å². The molecule has 0 saturated carbocycles. The Kier molecular flexibility index (Phi) is 3.25. The van der Waals surface area contributed by atoms with Gasteiger partial charge in [0.2, 0.25) is 5.91 Å². The van der Waals surface area contributed by atoms with E-state index < -0.39 is 0 Å². The summed E-state index contributed by atoms with van der Waals surface area (Å²) in [5, 5.41) is 3.16. The van der Waals surface area contributed by atoms with Gasteiger partial charge in [0.05, 0.1) is 6.04 Å². The highest BCUT2D eigenvalue weighted by molar-refractivity contribution is 5.97. The van der Waals surface area contributed by atoms with Crippen LogP contribution in [-0.2, 0) is 11.2 Å². The summed E-state index contributed by atoms with van der Waals surface area (Å²) in [6.07, 6.45) is 1.03. The van der Waals surface area contributed by atoms with Crippen LogP contribution >= 0.6 is 0 Å². The molecule has 16 heavy (non-hydrogen) atoms. The van der Waals surface area contributed by atoms with Gasteiger partial charge in [-0.2, -0.15) is 0 Å². The molecule has 0 spiro atoms. The normalized spacial score (nSPS) is 21.2. The molecule has 3 heteroatoms. The van der Waals surface area contributed by atoms with Crippen molar-refractivity contribution in [2.24, 2.45) is 0 Å². The average Bonchev–Trinajstić information content (AvgIpc) is 2.33. The zero-order chi connectivity index (χ0) is 11.5. The van der Waals surface area contributed by atoms with E-state index in [2.05, 4.69) is 24.4 Å². The third-order valence-corrected chi connectivity index (χ3v) is 3.08. The number of rotatable bonds is 2. The van der Waals surface area contributed by atoms with Crippen molar-refractivity contribution in [2.75, 3.05) is 18.0 Å². The maximum Gasteiger partial charge on any atom is 0.243 e. The molecule has 3 nitrogen and oxygen atoms in total. The summed E-state index contributed by atoms with van der Waals surface area (Å²) in [5.74, 6) is 0.162. The number of benzene rings is 1. The van der Waals surface area contributed by atoms with Crippen molar-refractivity contribution in [3.8, 4) is 0 Å². The third kappa shape index (κ3) is 2.09. The number of carbonyl (C=O) groups is 1. The summed E-state index contributed by atoms with van der Waals surface area (Å²) in [6, 6.07) is 8.19. The van der Waals surface area contributed by atoms with E-state index >= 15 is 0 Å². The first kappa shape index (κ1) is 11.1. The molecule has 1 atom stereocenters. The number of aryl methyl sites for hydroxylation is 1. The van der Waals surface area contributed by atoms with Crippen LogP contribution in [0.15, 0.2) is 24.3 Å². The molecule has 1 amide bonds. The molecule has 1 aliphatic rings. The van der Waals surface area contributed by atoms with Gasteiger partial charge in [0, 0.05) is 18.8 Å². The fourth-order valence-corrected chi connectivity index (χ4v) is 1.99. The first-order chi connectivity index (χ1) is 7.72. The van der Waals surface area contributed by atoms with Crippen molar-refractivity contribution < 1.29 is 4.79 Å². The minimum atomic E-state index is -0.0698. The van der Waals surface area contributed by atoms with Gasteiger partial charge in [-0.3, -0.25) is 4.79 Å². The number of amides is 1. The second kappa shape index (κ2) is 4.66. The van der Waals surface area contributed by atoms with Gasteiger partial charge >= 0.3 is 0 Å². The summed E-state index contributed by atoms with van der Waals surface area (Å²) >= 11 is 0. The molecule has 1 aromatic carbocycles. The predicted octanol–water partition coefficient (Wildman–Crippen LogP) is 1.57. The Bertz CT molecular complexity index is 372. The first-order valence-electron chi connectivity index (χ1n) is 5.86. The van der Waals surface area contributed by atoms with Crippen LogP contribution in [0.4, 0.5) is 5.69 Å². The smallest absolute Gasteiger partial charge is 0.243 e. The molecule has 1 heterocycles. The molecule has 1 saturated heterocycles. The highest BCUT2D eigenvalue weighted by Gasteiger charge is 2.25. The molecule has 1 unspecified atom stereocenters. The van der Waals surface area contributed by atoms with Gasteiger partial charge in [0.25, 0.3) is 0 Å². The molecule has 1 fully saturated rings. The SMILES string of the molecule is CCc1ccc(N2CCNC(C)C2=O)cc1. The number of hydrogen-bond donors (Lipinski definition) is 1. The quantitative estimate of drug-likeness (QED) is 0.817. The van der Waals surface area contributed by atoms with Crippen molar-refractivity contribution in [2.45, 2.75) is 26.3 Å². The van der Waals surface area contributed by atoms with Gasteiger partial charge in [-0.15, -0.1) is 0 Å². The summed E-state index contributed by atoms with van der Waals surface area (Å²) < 4.78 is 0.